The zero-order valence-electron chi connectivity index (χ0n) is 5.43. The Bertz CT molecular complexity index is 124. The van der Waals surface area contributed by atoms with Crippen molar-refractivity contribution < 1.29 is 14.4 Å². The molecule has 0 rings (SSSR count). The summed E-state index contributed by atoms with van der Waals surface area (Å²) in [5.41, 5.74) is 0. The highest BCUT2D eigenvalue weighted by Gasteiger charge is 2.10. The van der Waals surface area contributed by atoms with Gasteiger partial charge in [-0.3, -0.25) is 4.57 Å². The minimum absolute atomic E-state index is 0.00133. The molecule has 0 aromatic carbocycles. The molecule has 3 nitrogen and oxygen atoms in total. The molecule has 0 saturated carbocycles. The van der Waals surface area contributed by atoms with Crippen molar-refractivity contribution in [2.45, 2.75) is 12.8 Å². The first-order valence-corrected chi connectivity index (χ1v) is 6.71. The molecule has 62 valence electrons. The van der Waals surface area contributed by atoms with E-state index in [9.17, 15) is 4.57 Å². The monoisotopic (exact) mass is 202 g/mol. The number of hydrogen-bond donors (Lipinski definition) is 3. The predicted molar refractivity (Wildman–Crippen MR) is 47.6 cm³/mol. The van der Waals surface area contributed by atoms with Crippen LogP contribution in [0.2, 0.25) is 0 Å². The average molecular weight is 202 g/mol. The molecule has 0 heterocycles. The van der Waals surface area contributed by atoms with E-state index in [4.69, 9.17) is 9.79 Å². The Kier molecular flexibility index (Phi) is 5.96. The van der Waals surface area contributed by atoms with Crippen LogP contribution in [-0.4, -0.2) is 21.7 Å². The summed E-state index contributed by atoms with van der Waals surface area (Å²) in [5.74, 6) is 0.850. The third-order valence-corrected chi connectivity index (χ3v) is 2.85. The lowest BCUT2D eigenvalue weighted by Crippen LogP contribution is -1.88. The highest BCUT2D eigenvalue weighted by atomic mass is 33.1. The molecule has 6 heteroatoms. The Morgan fingerprint density at radius 2 is 2.00 bits per heavy atom. The molecule has 0 aliphatic carbocycles. The molecule has 0 spiro atoms. The summed E-state index contributed by atoms with van der Waals surface area (Å²) in [5, 5.41) is 0. The topological polar surface area (TPSA) is 57.5 Å². The van der Waals surface area contributed by atoms with Gasteiger partial charge in [-0.05, 0) is 12.8 Å². The van der Waals surface area contributed by atoms with Gasteiger partial charge in [0.15, 0.2) is 0 Å². The van der Waals surface area contributed by atoms with Gasteiger partial charge in [-0.15, -0.1) is 11.7 Å². The summed E-state index contributed by atoms with van der Waals surface area (Å²) in [7, 11) is -2.35. The van der Waals surface area contributed by atoms with Crippen LogP contribution in [0.1, 0.15) is 12.8 Å². The first-order chi connectivity index (χ1) is 4.56. The van der Waals surface area contributed by atoms with Gasteiger partial charge in [0, 0.05) is 11.9 Å². The van der Waals surface area contributed by atoms with Gasteiger partial charge in [-0.2, -0.15) is 0 Å². The van der Waals surface area contributed by atoms with Crippen molar-refractivity contribution in [1.82, 2.24) is 0 Å². The van der Waals surface area contributed by atoms with E-state index in [1.807, 2.05) is 0 Å². The standard InChI is InChI=1S/C4H11O3PS2/c5-8(6,7)3-1-2-4-10-9/h9H,1-4H2,(H2,5,6,7). The molecule has 0 saturated heterocycles. The van der Waals surface area contributed by atoms with Crippen LogP contribution in [0.15, 0.2) is 0 Å². The molecule has 2 N–H and O–H groups in total. The highest BCUT2D eigenvalue weighted by molar-refractivity contribution is 8.68. The van der Waals surface area contributed by atoms with Gasteiger partial charge in [0.25, 0.3) is 0 Å². The Morgan fingerprint density at radius 1 is 1.40 bits per heavy atom. The van der Waals surface area contributed by atoms with Crippen molar-refractivity contribution in [2.24, 2.45) is 0 Å². The van der Waals surface area contributed by atoms with Crippen molar-refractivity contribution in [2.75, 3.05) is 11.9 Å². The lowest BCUT2D eigenvalue weighted by atomic mass is 10.4. The highest BCUT2D eigenvalue weighted by Crippen LogP contribution is 2.35. The first kappa shape index (κ1) is 10.8. The van der Waals surface area contributed by atoms with Crippen LogP contribution in [0.3, 0.4) is 0 Å². The van der Waals surface area contributed by atoms with E-state index in [1.165, 1.54) is 10.8 Å². The molecule has 0 radical (unpaired) electrons. The van der Waals surface area contributed by atoms with Gasteiger partial charge in [0.2, 0.25) is 0 Å². The normalized spacial score (nSPS) is 11.9. The third kappa shape index (κ3) is 8.85. The van der Waals surface area contributed by atoms with E-state index in [-0.39, 0.29) is 6.16 Å². The Balaban J connectivity index is 3.13. The Labute approximate surface area is 69.6 Å². The Morgan fingerprint density at radius 3 is 2.40 bits per heavy atom. The zero-order chi connectivity index (χ0) is 8.04. The van der Waals surface area contributed by atoms with E-state index in [0.29, 0.717) is 6.42 Å². The van der Waals surface area contributed by atoms with Crippen LogP contribution < -0.4 is 0 Å². The molecule has 0 fully saturated rings. The van der Waals surface area contributed by atoms with Crippen molar-refractivity contribution in [3.63, 3.8) is 0 Å². The molecule has 0 unspecified atom stereocenters. The minimum atomic E-state index is -3.74. The van der Waals surface area contributed by atoms with Crippen LogP contribution >= 0.6 is 30.1 Å². The molecule has 0 aromatic rings. The number of unbranched alkanes of at least 4 members (excludes halogenated alkanes) is 1. The fourth-order valence-corrected chi connectivity index (χ4v) is 1.84. The van der Waals surface area contributed by atoms with Gasteiger partial charge in [-0.1, -0.05) is 10.8 Å². The van der Waals surface area contributed by atoms with Crippen LogP contribution in [0.25, 0.3) is 0 Å². The molecule has 0 aromatic heterocycles. The maximum Gasteiger partial charge on any atom is 0.325 e. The van der Waals surface area contributed by atoms with E-state index < -0.39 is 7.60 Å². The summed E-state index contributed by atoms with van der Waals surface area (Å²) in [4.78, 5) is 16.8. The van der Waals surface area contributed by atoms with Gasteiger partial charge in [0.05, 0.1) is 0 Å². The number of hydrogen-bond acceptors (Lipinski definition) is 3. The maximum atomic E-state index is 10.3. The molecule has 0 aliphatic heterocycles. The smallest absolute Gasteiger partial charge is 0.324 e. The second-order valence-electron chi connectivity index (χ2n) is 1.93. The molecule has 0 amide bonds. The van der Waals surface area contributed by atoms with E-state index >= 15 is 0 Å². The summed E-state index contributed by atoms with van der Waals surface area (Å²) < 4.78 is 10.3. The second-order valence-corrected chi connectivity index (χ2v) is 5.15. The molecule has 0 atom stereocenters. The second kappa shape index (κ2) is 5.49. The molecular weight excluding hydrogens is 191 g/mol. The first-order valence-electron chi connectivity index (χ1n) is 2.87. The summed E-state index contributed by atoms with van der Waals surface area (Å²) in [6.45, 7) is 0. The summed E-state index contributed by atoms with van der Waals surface area (Å²) in [6, 6.07) is 0. The van der Waals surface area contributed by atoms with Crippen molar-refractivity contribution in [1.29, 1.82) is 0 Å². The largest absolute Gasteiger partial charge is 0.325 e. The van der Waals surface area contributed by atoms with Gasteiger partial charge in [-0.25, -0.2) is 0 Å². The number of thiol groups is 1. The molecular formula is C4H11O3PS2. The summed E-state index contributed by atoms with van der Waals surface area (Å²) >= 11 is 3.89. The predicted octanol–water partition coefficient (Wildman–Crippen LogP) is 1.52. The minimum Gasteiger partial charge on any atom is -0.324 e. The lowest BCUT2D eigenvalue weighted by molar-refractivity contribution is 0.371. The zero-order valence-corrected chi connectivity index (χ0v) is 8.04. The van der Waals surface area contributed by atoms with Gasteiger partial charge < -0.3 is 9.79 Å². The van der Waals surface area contributed by atoms with Crippen LogP contribution in [0.4, 0.5) is 0 Å². The van der Waals surface area contributed by atoms with Crippen molar-refractivity contribution in [3.8, 4) is 0 Å². The molecule has 10 heavy (non-hydrogen) atoms. The SMILES string of the molecule is O=P(O)(O)CCCCSS. The molecule has 0 aliphatic rings. The quantitative estimate of drug-likeness (QED) is 0.274. The van der Waals surface area contributed by atoms with Crippen molar-refractivity contribution >= 4 is 30.1 Å². The maximum absolute atomic E-state index is 10.3. The van der Waals surface area contributed by atoms with Crippen LogP contribution in [0, 0.1) is 0 Å². The van der Waals surface area contributed by atoms with E-state index in [1.54, 1.807) is 0 Å². The fourth-order valence-electron chi connectivity index (χ4n) is 0.484. The van der Waals surface area contributed by atoms with E-state index in [2.05, 4.69) is 11.7 Å². The Hall–Kier alpha value is 0.850. The summed E-state index contributed by atoms with van der Waals surface area (Å²) in [6.07, 6.45) is 1.40. The van der Waals surface area contributed by atoms with Crippen molar-refractivity contribution in [3.05, 3.63) is 0 Å². The fraction of sp³-hybridized carbons (Fsp3) is 1.00. The van der Waals surface area contributed by atoms with Gasteiger partial charge in [0.1, 0.15) is 0 Å². The van der Waals surface area contributed by atoms with Crippen LogP contribution in [-0.2, 0) is 4.57 Å². The molecule has 0 bridgehead atoms. The van der Waals surface area contributed by atoms with Crippen LogP contribution in [0.5, 0.6) is 0 Å². The van der Waals surface area contributed by atoms with Gasteiger partial charge >= 0.3 is 7.60 Å². The third-order valence-electron chi connectivity index (χ3n) is 0.935. The number of rotatable bonds is 5. The average Bonchev–Trinajstić information content (AvgIpc) is 1.78. The lowest BCUT2D eigenvalue weighted by Gasteiger charge is -2.01. The van der Waals surface area contributed by atoms with E-state index in [0.717, 1.165) is 12.2 Å².